The summed E-state index contributed by atoms with van der Waals surface area (Å²) >= 11 is 1.34. The van der Waals surface area contributed by atoms with Gasteiger partial charge in [0.1, 0.15) is 21.3 Å². The van der Waals surface area contributed by atoms with Gasteiger partial charge in [-0.25, -0.2) is 14.8 Å². The average molecular weight is 370 g/mol. The van der Waals surface area contributed by atoms with Crippen molar-refractivity contribution >= 4 is 39.0 Å². The standard InChI is InChI=1S/C19H22N4O2S/c1-11-15-17(20-10-13-7-6-8-14(9-13)23(3)4)21-12(2)22-18(15)26-16(11)19(24)25-5/h6-9H,10H2,1-5H3,(H,20,21,22). The van der Waals surface area contributed by atoms with Crippen LogP contribution in [-0.2, 0) is 11.3 Å². The van der Waals surface area contributed by atoms with Gasteiger partial charge in [0.2, 0.25) is 0 Å². The first-order valence-electron chi connectivity index (χ1n) is 8.27. The molecule has 0 spiro atoms. The number of aryl methyl sites for hydroxylation is 2. The molecule has 2 heterocycles. The topological polar surface area (TPSA) is 67.3 Å². The van der Waals surface area contributed by atoms with Gasteiger partial charge < -0.3 is 15.0 Å². The van der Waals surface area contributed by atoms with Gasteiger partial charge in [-0.1, -0.05) is 12.1 Å². The van der Waals surface area contributed by atoms with Gasteiger partial charge in [0, 0.05) is 26.3 Å². The Balaban J connectivity index is 1.96. The number of rotatable bonds is 5. The van der Waals surface area contributed by atoms with Gasteiger partial charge in [0.25, 0.3) is 0 Å². The van der Waals surface area contributed by atoms with Crippen molar-refractivity contribution in [3.63, 3.8) is 0 Å². The average Bonchev–Trinajstić information content (AvgIpc) is 2.95. The van der Waals surface area contributed by atoms with Gasteiger partial charge in [0.05, 0.1) is 12.5 Å². The summed E-state index contributed by atoms with van der Waals surface area (Å²) in [6.07, 6.45) is 0. The molecule has 6 nitrogen and oxygen atoms in total. The highest BCUT2D eigenvalue weighted by Gasteiger charge is 2.20. The van der Waals surface area contributed by atoms with E-state index in [1.54, 1.807) is 0 Å². The number of nitrogens with zero attached hydrogens (tertiary/aromatic N) is 3. The van der Waals surface area contributed by atoms with Crippen LogP contribution >= 0.6 is 11.3 Å². The van der Waals surface area contributed by atoms with E-state index in [9.17, 15) is 4.79 Å². The van der Waals surface area contributed by atoms with Crippen molar-refractivity contribution in [2.75, 3.05) is 31.4 Å². The first-order valence-corrected chi connectivity index (χ1v) is 9.08. The molecule has 3 rings (SSSR count). The molecule has 7 heteroatoms. The summed E-state index contributed by atoms with van der Waals surface area (Å²) in [5.41, 5.74) is 3.15. The molecule has 1 aromatic carbocycles. The van der Waals surface area contributed by atoms with Gasteiger partial charge in [-0.3, -0.25) is 0 Å². The van der Waals surface area contributed by atoms with Crippen LogP contribution in [0.25, 0.3) is 10.2 Å². The van der Waals surface area contributed by atoms with Gasteiger partial charge in [-0.05, 0) is 37.1 Å². The number of thiophene rings is 1. The second-order valence-electron chi connectivity index (χ2n) is 6.27. The molecule has 136 valence electrons. The van der Waals surface area contributed by atoms with E-state index in [1.807, 2.05) is 34.0 Å². The molecule has 0 saturated carbocycles. The zero-order valence-electron chi connectivity index (χ0n) is 15.6. The molecule has 0 fully saturated rings. The highest BCUT2D eigenvalue weighted by molar-refractivity contribution is 7.20. The second-order valence-corrected chi connectivity index (χ2v) is 7.26. The van der Waals surface area contributed by atoms with E-state index < -0.39 is 0 Å². The molecule has 1 N–H and O–H groups in total. The monoisotopic (exact) mass is 370 g/mol. The first kappa shape index (κ1) is 18.1. The van der Waals surface area contributed by atoms with Crippen molar-refractivity contribution in [2.24, 2.45) is 0 Å². The van der Waals surface area contributed by atoms with E-state index in [-0.39, 0.29) is 5.97 Å². The molecule has 3 aromatic rings. The molecule has 0 aliphatic heterocycles. The summed E-state index contributed by atoms with van der Waals surface area (Å²) in [6.45, 7) is 4.39. The Bertz CT molecular complexity index is 966. The maximum Gasteiger partial charge on any atom is 0.348 e. The number of benzene rings is 1. The van der Waals surface area contributed by atoms with Crippen molar-refractivity contribution in [3.8, 4) is 0 Å². The minimum atomic E-state index is -0.340. The molecule has 0 bridgehead atoms. The molecule has 0 aliphatic carbocycles. The fourth-order valence-corrected chi connectivity index (χ4v) is 3.94. The van der Waals surface area contributed by atoms with Crippen LogP contribution < -0.4 is 10.2 Å². The van der Waals surface area contributed by atoms with Gasteiger partial charge in [-0.2, -0.15) is 0 Å². The van der Waals surface area contributed by atoms with Crippen LogP contribution in [0.2, 0.25) is 0 Å². The normalized spacial score (nSPS) is 10.8. The lowest BCUT2D eigenvalue weighted by Gasteiger charge is -2.14. The van der Waals surface area contributed by atoms with E-state index >= 15 is 0 Å². The van der Waals surface area contributed by atoms with Crippen molar-refractivity contribution in [2.45, 2.75) is 20.4 Å². The number of methoxy groups -OCH3 is 1. The third-order valence-corrected chi connectivity index (χ3v) is 5.33. The Labute approximate surface area is 156 Å². The number of hydrogen-bond acceptors (Lipinski definition) is 7. The van der Waals surface area contributed by atoms with E-state index in [0.717, 1.165) is 32.8 Å². The number of aromatic nitrogens is 2. The number of fused-ring (bicyclic) bond motifs is 1. The number of anilines is 2. The smallest absolute Gasteiger partial charge is 0.348 e. The van der Waals surface area contributed by atoms with Crippen LogP contribution in [0.4, 0.5) is 11.5 Å². The van der Waals surface area contributed by atoms with Crippen molar-refractivity contribution < 1.29 is 9.53 Å². The summed E-state index contributed by atoms with van der Waals surface area (Å²) in [5.74, 6) is 1.07. The van der Waals surface area contributed by atoms with Gasteiger partial charge in [-0.15, -0.1) is 11.3 Å². The Morgan fingerprint density at radius 1 is 1.27 bits per heavy atom. The zero-order valence-corrected chi connectivity index (χ0v) is 16.4. The van der Waals surface area contributed by atoms with Gasteiger partial charge >= 0.3 is 5.97 Å². The maximum absolute atomic E-state index is 12.0. The Morgan fingerprint density at radius 2 is 2.04 bits per heavy atom. The summed E-state index contributed by atoms with van der Waals surface area (Å²) in [7, 11) is 5.43. The van der Waals surface area contributed by atoms with Gasteiger partial charge in [0.15, 0.2) is 0 Å². The van der Waals surface area contributed by atoms with Crippen molar-refractivity contribution in [3.05, 3.63) is 46.1 Å². The fraction of sp³-hybridized carbons (Fsp3) is 0.316. The summed E-state index contributed by atoms with van der Waals surface area (Å²) in [6, 6.07) is 8.32. The van der Waals surface area contributed by atoms with Crippen LogP contribution in [0.3, 0.4) is 0 Å². The molecule has 0 saturated heterocycles. The van der Waals surface area contributed by atoms with Crippen LogP contribution in [-0.4, -0.2) is 37.1 Å². The van der Waals surface area contributed by atoms with E-state index in [1.165, 1.54) is 18.4 Å². The highest BCUT2D eigenvalue weighted by atomic mass is 32.1. The molecule has 2 aromatic heterocycles. The minimum Gasteiger partial charge on any atom is -0.465 e. The summed E-state index contributed by atoms with van der Waals surface area (Å²) in [5, 5.41) is 4.29. The quantitative estimate of drug-likeness (QED) is 0.690. The molecule has 0 aliphatic rings. The molecule has 0 atom stereocenters. The number of nitrogens with one attached hydrogen (secondary N) is 1. The minimum absolute atomic E-state index is 0.340. The Kier molecular flexibility index (Phi) is 5.08. The van der Waals surface area contributed by atoms with E-state index in [4.69, 9.17) is 4.74 Å². The number of esters is 1. The highest BCUT2D eigenvalue weighted by Crippen LogP contribution is 2.34. The van der Waals surface area contributed by atoms with Crippen LogP contribution in [0.5, 0.6) is 0 Å². The molecule has 26 heavy (non-hydrogen) atoms. The van der Waals surface area contributed by atoms with Crippen LogP contribution in [0.15, 0.2) is 24.3 Å². The number of hydrogen-bond donors (Lipinski definition) is 1. The first-order chi connectivity index (χ1) is 12.4. The lowest BCUT2D eigenvalue weighted by molar-refractivity contribution is 0.0605. The number of carbonyl (C=O) groups is 1. The second kappa shape index (κ2) is 7.29. The molecule has 0 unspecified atom stereocenters. The summed E-state index contributed by atoms with van der Waals surface area (Å²) < 4.78 is 4.88. The Hall–Kier alpha value is -2.67. The third-order valence-electron chi connectivity index (χ3n) is 4.16. The van der Waals surface area contributed by atoms with Crippen LogP contribution in [0, 0.1) is 13.8 Å². The SMILES string of the molecule is COC(=O)c1sc2nc(C)nc(NCc3cccc(N(C)C)c3)c2c1C. The summed E-state index contributed by atoms with van der Waals surface area (Å²) in [4.78, 5) is 24.5. The number of carbonyl (C=O) groups excluding carboxylic acids is 1. The van der Waals surface area contributed by atoms with E-state index in [2.05, 4.69) is 38.4 Å². The maximum atomic E-state index is 12.0. The largest absolute Gasteiger partial charge is 0.465 e. The van der Waals surface area contributed by atoms with Crippen LogP contribution in [0.1, 0.15) is 26.6 Å². The predicted octanol–water partition coefficient (Wildman–Crippen LogP) is 3.77. The lowest BCUT2D eigenvalue weighted by atomic mass is 10.1. The molecule has 0 amide bonds. The zero-order chi connectivity index (χ0) is 18.8. The lowest BCUT2D eigenvalue weighted by Crippen LogP contribution is -2.09. The third kappa shape index (κ3) is 3.48. The molecular weight excluding hydrogens is 348 g/mol. The Morgan fingerprint density at radius 3 is 2.73 bits per heavy atom. The molecule has 0 radical (unpaired) electrons. The predicted molar refractivity (Wildman–Crippen MR) is 106 cm³/mol. The van der Waals surface area contributed by atoms with Crippen molar-refractivity contribution in [1.82, 2.24) is 9.97 Å². The fourth-order valence-electron chi connectivity index (χ4n) is 2.79. The van der Waals surface area contributed by atoms with E-state index in [0.29, 0.717) is 17.2 Å². The van der Waals surface area contributed by atoms with Crippen molar-refractivity contribution in [1.29, 1.82) is 0 Å². The number of ether oxygens (including phenoxy) is 1. The molecular formula is C19H22N4O2S.